The van der Waals surface area contributed by atoms with Gasteiger partial charge in [0.2, 0.25) is 11.0 Å². The smallest absolute Gasteiger partial charge is 0.253 e. The fourth-order valence-corrected chi connectivity index (χ4v) is 3.47. The molecule has 1 fully saturated rings. The van der Waals surface area contributed by atoms with Crippen molar-refractivity contribution in [1.82, 2.24) is 15.5 Å². The van der Waals surface area contributed by atoms with Crippen LogP contribution in [0.5, 0.6) is 0 Å². The molecule has 0 spiro atoms. The van der Waals surface area contributed by atoms with Crippen molar-refractivity contribution in [1.29, 1.82) is 0 Å². The van der Waals surface area contributed by atoms with E-state index in [0.29, 0.717) is 20.7 Å². The molecule has 9 heteroatoms. The zero-order chi connectivity index (χ0) is 16.9. The molecule has 7 nitrogen and oxygen atoms in total. The minimum absolute atomic E-state index is 0.149. The molecule has 0 radical (unpaired) electrons. The van der Waals surface area contributed by atoms with Crippen molar-refractivity contribution >= 4 is 45.7 Å². The molecular formula is C15H17N5O2S2. The maximum atomic E-state index is 12.2. The summed E-state index contributed by atoms with van der Waals surface area (Å²) in [5, 5.41) is 17.2. The molecule has 0 unspecified atom stereocenters. The predicted molar refractivity (Wildman–Crippen MR) is 95.7 cm³/mol. The second-order valence-corrected chi connectivity index (χ2v) is 7.45. The number of hydrogen-bond acceptors (Lipinski definition) is 7. The first-order chi connectivity index (χ1) is 11.7. The molecule has 1 aliphatic rings. The van der Waals surface area contributed by atoms with E-state index in [1.165, 1.54) is 23.1 Å². The lowest BCUT2D eigenvalue weighted by Crippen LogP contribution is -2.27. The number of carbonyl (C=O) groups excluding carboxylic acids is 2. The fraction of sp³-hybridized carbons (Fsp3) is 0.333. The Morgan fingerprint density at radius 2 is 2.08 bits per heavy atom. The van der Waals surface area contributed by atoms with Crippen molar-refractivity contribution in [3.05, 3.63) is 29.8 Å². The van der Waals surface area contributed by atoms with Crippen LogP contribution in [0, 0.1) is 0 Å². The van der Waals surface area contributed by atoms with Crippen LogP contribution in [0.3, 0.4) is 0 Å². The van der Waals surface area contributed by atoms with Crippen molar-refractivity contribution in [3.8, 4) is 0 Å². The number of benzene rings is 1. The van der Waals surface area contributed by atoms with Crippen LogP contribution in [-0.4, -0.2) is 40.9 Å². The summed E-state index contributed by atoms with van der Waals surface area (Å²) >= 11 is 2.70. The van der Waals surface area contributed by atoms with E-state index in [0.717, 1.165) is 12.8 Å². The molecule has 0 aliphatic heterocycles. The number of para-hydroxylation sites is 1. The molecule has 3 rings (SSSR count). The lowest BCUT2D eigenvalue weighted by molar-refractivity contribution is -0.113. The molecule has 1 aromatic heterocycles. The summed E-state index contributed by atoms with van der Waals surface area (Å²) in [7, 11) is 1.77. The minimum Gasteiger partial charge on any atom is -0.363 e. The van der Waals surface area contributed by atoms with Crippen molar-refractivity contribution in [3.63, 3.8) is 0 Å². The number of hydrogen-bond donors (Lipinski definition) is 3. The molecule has 1 heterocycles. The van der Waals surface area contributed by atoms with Gasteiger partial charge in [0.25, 0.3) is 5.91 Å². The molecule has 24 heavy (non-hydrogen) atoms. The number of carbonyl (C=O) groups is 2. The average Bonchev–Trinajstić information content (AvgIpc) is 3.27. The topological polar surface area (TPSA) is 96.0 Å². The molecule has 0 atom stereocenters. The van der Waals surface area contributed by atoms with Gasteiger partial charge in [0, 0.05) is 13.1 Å². The van der Waals surface area contributed by atoms with E-state index in [9.17, 15) is 9.59 Å². The largest absolute Gasteiger partial charge is 0.363 e. The van der Waals surface area contributed by atoms with Gasteiger partial charge in [0.15, 0.2) is 4.34 Å². The van der Waals surface area contributed by atoms with Crippen molar-refractivity contribution in [2.24, 2.45) is 0 Å². The molecular weight excluding hydrogens is 346 g/mol. The monoisotopic (exact) mass is 363 g/mol. The molecule has 1 saturated carbocycles. The molecule has 3 N–H and O–H groups in total. The number of nitrogens with one attached hydrogen (secondary N) is 3. The predicted octanol–water partition coefficient (Wildman–Crippen LogP) is 2.20. The number of aromatic nitrogens is 2. The average molecular weight is 363 g/mol. The van der Waals surface area contributed by atoms with Gasteiger partial charge in [-0.2, -0.15) is 0 Å². The molecule has 0 saturated heterocycles. The normalized spacial score (nSPS) is 13.4. The van der Waals surface area contributed by atoms with E-state index in [4.69, 9.17) is 0 Å². The maximum Gasteiger partial charge on any atom is 0.253 e. The summed E-state index contributed by atoms with van der Waals surface area (Å²) in [4.78, 5) is 24.4. The highest BCUT2D eigenvalue weighted by Crippen LogP contribution is 2.25. The molecule has 1 aromatic carbocycles. The van der Waals surface area contributed by atoms with E-state index in [1.807, 2.05) is 0 Å². The molecule has 1 aliphatic carbocycles. The quantitative estimate of drug-likeness (QED) is 0.653. The maximum absolute atomic E-state index is 12.2. The van der Waals surface area contributed by atoms with Gasteiger partial charge >= 0.3 is 0 Å². The lowest BCUT2D eigenvalue weighted by Gasteiger charge is -2.10. The number of amides is 2. The number of thioether (sulfide) groups is 1. The van der Waals surface area contributed by atoms with E-state index in [2.05, 4.69) is 26.1 Å². The fourth-order valence-electron chi connectivity index (χ4n) is 1.96. The lowest BCUT2D eigenvalue weighted by atomic mass is 10.1. The molecule has 0 bridgehead atoms. The van der Waals surface area contributed by atoms with Crippen molar-refractivity contribution in [2.75, 3.05) is 23.4 Å². The van der Waals surface area contributed by atoms with Gasteiger partial charge in [0.05, 0.1) is 17.0 Å². The van der Waals surface area contributed by atoms with E-state index >= 15 is 0 Å². The first-order valence-electron chi connectivity index (χ1n) is 7.49. The zero-order valence-electron chi connectivity index (χ0n) is 13.0. The Bertz CT molecular complexity index is 745. The van der Waals surface area contributed by atoms with E-state index in [1.54, 1.807) is 31.3 Å². The second-order valence-electron chi connectivity index (χ2n) is 5.25. The summed E-state index contributed by atoms with van der Waals surface area (Å²) < 4.78 is 0.717. The standard InChI is InChI=1S/C15H17N5O2S2/c1-16-14-19-20-15(24-14)23-8-12(21)18-11-5-3-2-4-10(11)13(22)17-9-6-7-9/h2-5,9H,6-8H2,1H3,(H,16,19)(H,17,22)(H,18,21). The van der Waals surface area contributed by atoms with Gasteiger partial charge < -0.3 is 16.0 Å². The van der Waals surface area contributed by atoms with Gasteiger partial charge in [0.1, 0.15) is 0 Å². The summed E-state index contributed by atoms with van der Waals surface area (Å²) in [6, 6.07) is 7.29. The van der Waals surface area contributed by atoms with Crippen LogP contribution < -0.4 is 16.0 Å². The SMILES string of the molecule is CNc1nnc(SCC(=O)Nc2ccccc2C(=O)NC2CC2)s1. The third kappa shape index (κ3) is 4.45. The van der Waals surface area contributed by atoms with Crippen LogP contribution >= 0.6 is 23.1 Å². The third-order valence-electron chi connectivity index (χ3n) is 3.31. The Labute approximate surface area is 147 Å². The highest BCUT2D eigenvalue weighted by atomic mass is 32.2. The molecule has 2 amide bonds. The summed E-state index contributed by atoms with van der Waals surface area (Å²) in [5.41, 5.74) is 1.01. The summed E-state index contributed by atoms with van der Waals surface area (Å²) in [5.74, 6) is -0.131. The van der Waals surface area contributed by atoms with E-state index < -0.39 is 0 Å². The van der Waals surface area contributed by atoms with Crippen LogP contribution in [0.2, 0.25) is 0 Å². The molecule has 126 valence electrons. The summed E-state index contributed by atoms with van der Waals surface area (Å²) in [6.07, 6.45) is 2.04. The van der Waals surface area contributed by atoms with Crippen LogP contribution in [0.4, 0.5) is 10.8 Å². The first kappa shape index (κ1) is 16.7. The van der Waals surface area contributed by atoms with Gasteiger partial charge in [-0.05, 0) is 25.0 Å². The minimum atomic E-state index is -0.187. The van der Waals surface area contributed by atoms with Crippen LogP contribution in [0.25, 0.3) is 0 Å². The summed E-state index contributed by atoms with van der Waals surface area (Å²) in [6.45, 7) is 0. The van der Waals surface area contributed by atoms with Crippen LogP contribution in [-0.2, 0) is 4.79 Å². The van der Waals surface area contributed by atoms with Gasteiger partial charge in [-0.25, -0.2) is 0 Å². The number of rotatable bonds is 7. The number of nitrogens with zero attached hydrogens (tertiary/aromatic N) is 2. The Hall–Kier alpha value is -2.13. The second kappa shape index (κ2) is 7.63. The van der Waals surface area contributed by atoms with Crippen LogP contribution in [0.1, 0.15) is 23.2 Å². The Morgan fingerprint density at radius 3 is 2.79 bits per heavy atom. The Kier molecular flexibility index (Phi) is 5.31. The first-order valence-corrected chi connectivity index (χ1v) is 9.29. The van der Waals surface area contributed by atoms with Gasteiger partial charge in [-0.3, -0.25) is 9.59 Å². The van der Waals surface area contributed by atoms with Gasteiger partial charge in [-0.1, -0.05) is 35.2 Å². The molecule has 2 aromatic rings. The Morgan fingerprint density at radius 1 is 1.29 bits per heavy atom. The van der Waals surface area contributed by atoms with Gasteiger partial charge in [-0.15, -0.1) is 10.2 Å². The number of anilines is 2. The highest BCUT2D eigenvalue weighted by Gasteiger charge is 2.25. The highest BCUT2D eigenvalue weighted by molar-refractivity contribution is 8.01. The third-order valence-corrected chi connectivity index (χ3v) is 5.38. The zero-order valence-corrected chi connectivity index (χ0v) is 14.7. The van der Waals surface area contributed by atoms with E-state index in [-0.39, 0.29) is 23.6 Å². The Balaban J connectivity index is 1.58. The van der Waals surface area contributed by atoms with Crippen molar-refractivity contribution in [2.45, 2.75) is 23.2 Å². The van der Waals surface area contributed by atoms with Crippen LogP contribution in [0.15, 0.2) is 28.6 Å². The van der Waals surface area contributed by atoms with Crippen molar-refractivity contribution < 1.29 is 9.59 Å².